The zero-order chi connectivity index (χ0) is 13.7. The molecule has 104 valence electrons. The van der Waals surface area contributed by atoms with Gasteiger partial charge in [0.1, 0.15) is 11.3 Å². The maximum Gasteiger partial charge on any atom is 0.159 e. The molecule has 0 aliphatic carbocycles. The highest BCUT2D eigenvalue weighted by Gasteiger charge is 2.32. The van der Waals surface area contributed by atoms with Crippen molar-refractivity contribution in [2.75, 3.05) is 6.61 Å². The van der Waals surface area contributed by atoms with Crippen LogP contribution in [-0.4, -0.2) is 32.0 Å². The number of imidazole rings is 1. The molecule has 1 saturated heterocycles. The van der Waals surface area contributed by atoms with Gasteiger partial charge in [-0.1, -0.05) is 0 Å². The van der Waals surface area contributed by atoms with Gasteiger partial charge in [-0.2, -0.15) is 5.10 Å². The molecule has 0 aromatic carbocycles. The largest absolute Gasteiger partial charge is 0.376 e. The number of hydrogen-bond acceptors (Lipinski definition) is 3. The molecule has 0 bridgehead atoms. The number of aromatic nitrogens is 4. The van der Waals surface area contributed by atoms with Crippen molar-refractivity contribution < 1.29 is 4.74 Å². The molecule has 3 atom stereocenters. The number of alkyl halides is 1. The summed E-state index contributed by atoms with van der Waals surface area (Å²) >= 11 is 6.31. The highest BCUT2D eigenvalue weighted by molar-refractivity contribution is 6.20. The van der Waals surface area contributed by atoms with Crippen molar-refractivity contribution in [1.29, 1.82) is 0 Å². The third-order valence-corrected chi connectivity index (χ3v) is 4.08. The first-order valence-corrected chi connectivity index (χ1v) is 7.11. The average molecular weight is 283 g/mol. The van der Waals surface area contributed by atoms with Gasteiger partial charge in [0, 0.05) is 13.7 Å². The number of aryl methyl sites for hydroxylation is 2. The normalized spacial score (nSPS) is 25.3. The molecular weight excluding hydrogens is 264 g/mol. The minimum atomic E-state index is -0.125. The first-order valence-electron chi connectivity index (χ1n) is 6.67. The monoisotopic (exact) mass is 282 g/mol. The molecule has 2 aromatic heterocycles. The Bertz CT molecular complexity index is 616. The van der Waals surface area contributed by atoms with Gasteiger partial charge in [-0.3, -0.25) is 4.68 Å². The molecule has 5 nitrogen and oxygen atoms in total. The van der Waals surface area contributed by atoms with Crippen molar-refractivity contribution >= 4 is 22.8 Å². The van der Waals surface area contributed by atoms with Crippen LogP contribution in [-0.2, 0) is 11.8 Å². The fraction of sp³-hybridized carbons (Fsp3) is 0.692. The Kier molecular flexibility index (Phi) is 3.06. The van der Waals surface area contributed by atoms with E-state index in [0.29, 0.717) is 0 Å². The predicted octanol–water partition coefficient (Wildman–Crippen LogP) is 2.73. The second kappa shape index (κ2) is 4.49. The van der Waals surface area contributed by atoms with Crippen LogP contribution in [0.25, 0.3) is 11.2 Å². The molecular formula is C13H19ClN4O. The number of hydrogen-bond donors (Lipinski definition) is 0. The Hall–Kier alpha value is -1.07. The second-order valence-corrected chi connectivity index (χ2v) is 5.92. The van der Waals surface area contributed by atoms with E-state index in [1.54, 1.807) is 0 Å². The van der Waals surface area contributed by atoms with Crippen LogP contribution in [0.2, 0.25) is 0 Å². The summed E-state index contributed by atoms with van der Waals surface area (Å²) in [5.41, 5.74) is 2.94. The lowest BCUT2D eigenvalue weighted by Gasteiger charge is -2.20. The number of halogens is 1. The molecule has 1 aliphatic rings. The molecule has 0 amide bonds. The molecule has 3 unspecified atom stereocenters. The Morgan fingerprint density at radius 2 is 2.21 bits per heavy atom. The van der Waals surface area contributed by atoms with Gasteiger partial charge >= 0.3 is 0 Å². The van der Waals surface area contributed by atoms with E-state index in [1.807, 2.05) is 25.6 Å². The topological polar surface area (TPSA) is 44.9 Å². The van der Waals surface area contributed by atoms with E-state index in [2.05, 4.69) is 16.6 Å². The first kappa shape index (κ1) is 12.9. The summed E-state index contributed by atoms with van der Waals surface area (Å²) in [5.74, 6) is 0.912. The Morgan fingerprint density at radius 1 is 1.47 bits per heavy atom. The number of ether oxygens (including phenoxy) is 1. The van der Waals surface area contributed by atoms with Crippen LogP contribution in [0.15, 0.2) is 0 Å². The number of rotatable bonds is 2. The van der Waals surface area contributed by atoms with E-state index in [9.17, 15) is 0 Å². The molecule has 1 aliphatic heterocycles. The molecule has 0 saturated carbocycles. The van der Waals surface area contributed by atoms with Crippen molar-refractivity contribution in [1.82, 2.24) is 19.3 Å². The third-order valence-electron chi connectivity index (χ3n) is 3.89. The summed E-state index contributed by atoms with van der Waals surface area (Å²) in [7, 11) is 1.96. The van der Waals surface area contributed by atoms with Crippen molar-refractivity contribution in [3.63, 3.8) is 0 Å². The highest BCUT2D eigenvalue weighted by Crippen LogP contribution is 2.35. The van der Waals surface area contributed by atoms with Crippen molar-refractivity contribution in [3.8, 4) is 0 Å². The van der Waals surface area contributed by atoms with Gasteiger partial charge < -0.3 is 9.30 Å². The smallest absolute Gasteiger partial charge is 0.159 e. The van der Waals surface area contributed by atoms with Gasteiger partial charge in [-0.05, 0) is 27.2 Å². The lowest BCUT2D eigenvalue weighted by Crippen LogP contribution is -2.20. The van der Waals surface area contributed by atoms with E-state index in [4.69, 9.17) is 21.3 Å². The quantitative estimate of drug-likeness (QED) is 0.796. The third kappa shape index (κ3) is 1.87. The molecule has 1 fully saturated rings. The van der Waals surface area contributed by atoms with Crippen molar-refractivity contribution in [2.45, 2.75) is 44.7 Å². The molecule has 6 heteroatoms. The first-order chi connectivity index (χ1) is 9.00. The summed E-state index contributed by atoms with van der Waals surface area (Å²) in [6.45, 7) is 6.84. The molecule has 19 heavy (non-hydrogen) atoms. The zero-order valence-corrected chi connectivity index (χ0v) is 12.5. The zero-order valence-electron chi connectivity index (χ0n) is 11.7. The predicted molar refractivity (Wildman–Crippen MR) is 74.6 cm³/mol. The second-order valence-electron chi connectivity index (χ2n) is 5.27. The average Bonchev–Trinajstić information content (AvgIpc) is 2.96. The Labute approximate surface area is 117 Å². The van der Waals surface area contributed by atoms with Gasteiger partial charge in [0.05, 0.1) is 23.2 Å². The number of nitrogens with zero attached hydrogens (tertiary/aromatic N) is 4. The maximum absolute atomic E-state index is 6.31. The number of fused-ring (bicyclic) bond motifs is 1. The summed E-state index contributed by atoms with van der Waals surface area (Å²) in [6, 6.07) is 0.288. The van der Waals surface area contributed by atoms with E-state index in [-0.39, 0.29) is 17.5 Å². The van der Waals surface area contributed by atoms with Crippen LogP contribution in [0.4, 0.5) is 0 Å². The van der Waals surface area contributed by atoms with Crippen LogP contribution in [0.3, 0.4) is 0 Å². The lowest BCUT2D eigenvalue weighted by molar-refractivity contribution is 0.107. The molecule has 3 rings (SSSR count). The van der Waals surface area contributed by atoms with Gasteiger partial charge in [0.15, 0.2) is 5.65 Å². The van der Waals surface area contributed by atoms with E-state index in [0.717, 1.165) is 35.7 Å². The van der Waals surface area contributed by atoms with Crippen LogP contribution in [0.1, 0.15) is 43.2 Å². The minimum Gasteiger partial charge on any atom is -0.376 e. The minimum absolute atomic E-state index is 0.125. The van der Waals surface area contributed by atoms with Gasteiger partial charge in [0.2, 0.25) is 0 Å². The van der Waals surface area contributed by atoms with Gasteiger partial charge in [-0.15, -0.1) is 11.6 Å². The molecule has 0 spiro atoms. The standard InChI is InChI=1S/C13H19ClN4O/c1-7(14)12-15-11-8(2)16-17(4)13(11)18(12)10-5-6-19-9(10)3/h7,9-10H,5-6H2,1-4H3. The summed E-state index contributed by atoms with van der Waals surface area (Å²) in [5, 5.41) is 4.33. The summed E-state index contributed by atoms with van der Waals surface area (Å²) < 4.78 is 9.82. The maximum atomic E-state index is 6.31. The van der Waals surface area contributed by atoms with E-state index < -0.39 is 0 Å². The van der Waals surface area contributed by atoms with Crippen LogP contribution >= 0.6 is 11.6 Å². The highest BCUT2D eigenvalue weighted by atomic mass is 35.5. The van der Waals surface area contributed by atoms with Crippen molar-refractivity contribution in [3.05, 3.63) is 11.5 Å². The van der Waals surface area contributed by atoms with Crippen LogP contribution in [0, 0.1) is 6.92 Å². The van der Waals surface area contributed by atoms with Gasteiger partial charge in [-0.25, -0.2) is 4.98 Å². The van der Waals surface area contributed by atoms with E-state index in [1.165, 1.54) is 0 Å². The molecule has 0 radical (unpaired) electrons. The van der Waals surface area contributed by atoms with E-state index >= 15 is 0 Å². The Balaban J connectivity index is 2.27. The molecule has 3 heterocycles. The molecule has 2 aromatic rings. The van der Waals surface area contributed by atoms with Gasteiger partial charge in [0.25, 0.3) is 0 Å². The van der Waals surface area contributed by atoms with Crippen LogP contribution < -0.4 is 0 Å². The fourth-order valence-corrected chi connectivity index (χ4v) is 3.13. The molecule has 0 N–H and O–H groups in total. The lowest BCUT2D eigenvalue weighted by atomic mass is 10.1. The van der Waals surface area contributed by atoms with Crippen molar-refractivity contribution in [2.24, 2.45) is 7.05 Å². The fourth-order valence-electron chi connectivity index (χ4n) is 2.98. The Morgan fingerprint density at radius 3 is 2.79 bits per heavy atom. The summed E-state index contributed by atoms with van der Waals surface area (Å²) in [6.07, 6.45) is 1.18. The van der Waals surface area contributed by atoms with Crippen LogP contribution in [0.5, 0.6) is 0 Å². The summed E-state index contributed by atoms with van der Waals surface area (Å²) in [4.78, 5) is 4.70. The SMILES string of the molecule is Cc1nn(C)c2c1nc(C(C)Cl)n2C1CCOC1C.